The smallest absolute Gasteiger partial charge is 0.00201 e. The van der Waals surface area contributed by atoms with E-state index in [9.17, 15) is 0 Å². The summed E-state index contributed by atoms with van der Waals surface area (Å²) in [7, 11) is 0. The van der Waals surface area contributed by atoms with Gasteiger partial charge in [-0.3, -0.25) is 0 Å². The van der Waals surface area contributed by atoms with Crippen LogP contribution >= 0.6 is 0 Å². The van der Waals surface area contributed by atoms with Crippen molar-refractivity contribution in [3.05, 3.63) is 170 Å². The van der Waals surface area contributed by atoms with E-state index in [1.807, 2.05) is 0 Å². The van der Waals surface area contributed by atoms with Crippen LogP contribution in [0, 0.1) is 0 Å². The fourth-order valence-corrected chi connectivity index (χ4v) is 7.95. The Kier molecular flexibility index (Phi) is 5.38. The van der Waals surface area contributed by atoms with Crippen LogP contribution in [0.25, 0.3) is 97.7 Å². The second-order valence-corrected chi connectivity index (χ2v) is 12.4. The molecule has 0 unspecified atom stereocenters. The molecule has 10 rings (SSSR count). The average Bonchev–Trinajstić information content (AvgIpc) is 3.13. The van der Waals surface area contributed by atoms with Gasteiger partial charge in [-0.2, -0.15) is 0 Å². The second-order valence-electron chi connectivity index (χ2n) is 12.4. The van der Waals surface area contributed by atoms with Crippen LogP contribution in [0.3, 0.4) is 0 Å². The molecule has 10 aromatic rings. The van der Waals surface area contributed by atoms with E-state index in [-0.39, 0.29) is 0 Å². The Morgan fingerprint density at radius 1 is 0.174 bits per heavy atom. The summed E-state index contributed by atoms with van der Waals surface area (Å²) in [5, 5.41) is 18.0. The maximum absolute atomic E-state index is 2.37. The highest BCUT2D eigenvalue weighted by Crippen LogP contribution is 2.46. The van der Waals surface area contributed by atoms with Crippen molar-refractivity contribution in [1.82, 2.24) is 0 Å². The summed E-state index contributed by atoms with van der Waals surface area (Å²) in [6, 6.07) is 63.0. The first-order chi connectivity index (χ1) is 22.8. The third kappa shape index (κ3) is 3.62. The Morgan fingerprint density at radius 3 is 1.15 bits per heavy atom. The predicted octanol–water partition coefficient (Wildman–Crippen LogP) is 13.1. The normalized spacial score (nSPS) is 11.9. The minimum absolute atomic E-state index is 1.26. The molecular weight excluding hydrogens is 553 g/mol. The summed E-state index contributed by atoms with van der Waals surface area (Å²) in [5.74, 6) is 0. The van der Waals surface area contributed by atoms with E-state index in [1.54, 1.807) is 0 Å². The van der Waals surface area contributed by atoms with Gasteiger partial charge in [-0.1, -0.05) is 170 Å². The molecule has 46 heavy (non-hydrogen) atoms. The van der Waals surface area contributed by atoms with E-state index >= 15 is 0 Å². The summed E-state index contributed by atoms with van der Waals surface area (Å²) < 4.78 is 0. The zero-order valence-electron chi connectivity index (χ0n) is 25.2. The molecule has 0 nitrogen and oxygen atoms in total. The van der Waals surface area contributed by atoms with Gasteiger partial charge in [-0.15, -0.1) is 0 Å². The number of rotatable bonds is 2. The van der Waals surface area contributed by atoms with Crippen LogP contribution in [0.15, 0.2) is 170 Å². The first kappa shape index (κ1) is 25.4. The highest BCUT2D eigenvalue weighted by atomic mass is 14.2. The molecule has 0 saturated carbocycles. The quantitative estimate of drug-likeness (QED) is 0.178. The summed E-state index contributed by atoms with van der Waals surface area (Å²) >= 11 is 0. The SMILES string of the molecule is c1ccc2c(c1)ccc1c(-c3ccc4c(ccc5c6ccccc6ccc45)c3-c3cccc4c3ccc3ccccc34)cccc12. The molecule has 0 bridgehead atoms. The lowest BCUT2D eigenvalue weighted by Crippen LogP contribution is -1.92. The van der Waals surface area contributed by atoms with Crippen molar-refractivity contribution in [2.45, 2.75) is 0 Å². The number of benzene rings is 10. The van der Waals surface area contributed by atoms with Crippen molar-refractivity contribution in [1.29, 1.82) is 0 Å². The van der Waals surface area contributed by atoms with E-state index in [2.05, 4.69) is 170 Å². The first-order valence-corrected chi connectivity index (χ1v) is 16.0. The van der Waals surface area contributed by atoms with E-state index in [1.165, 1.54) is 97.7 Å². The Hall–Kier alpha value is -5.98. The molecule has 0 heteroatoms. The van der Waals surface area contributed by atoms with Crippen LogP contribution in [0.2, 0.25) is 0 Å². The second kappa shape index (κ2) is 9.76. The van der Waals surface area contributed by atoms with Gasteiger partial charge in [0.25, 0.3) is 0 Å². The van der Waals surface area contributed by atoms with Crippen LogP contribution in [0.4, 0.5) is 0 Å². The van der Waals surface area contributed by atoms with Crippen LogP contribution in [0.1, 0.15) is 0 Å². The molecule has 0 aliphatic rings. The Bertz CT molecular complexity index is 2850. The molecule has 212 valence electrons. The zero-order valence-corrected chi connectivity index (χ0v) is 25.2. The molecule has 0 fully saturated rings. The lowest BCUT2D eigenvalue weighted by atomic mass is 9.84. The van der Waals surface area contributed by atoms with Crippen molar-refractivity contribution in [2.24, 2.45) is 0 Å². The van der Waals surface area contributed by atoms with Crippen LogP contribution in [-0.4, -0.2) is 0 Å². The fourth-order valence-electron chi connectivity index (χ4n) is 7.95. The topological polar surface area (TPSA) is 0 Å². The van der Waals surface area contributed by atoms with E-state index in [0.29, 0.717) is 0 Å². The molecule has 0 saturated heterocycles. The molecule has 10 aromatic carbocycles. The maximum Gasteiger partial charge on any atom is -0.00201 e. The van der Waals surface area contributed by atoms with Crippen molar-refractivity contribution < 1.29 is 0 Å². The molecule has 0 N–H and O–H groups in total. The van der Waals surface area contributed by atoms with Gasteiger partial charge < -0.3 is 0 Å². The van der Waals surface area contributed by atoms with Crippen molar-refractivity contribution in [2.75, 3.05) is 0 Å². The average molecular weight is 581 g/mol. The highest BCUT2D eigenvalue weighted by molar-refractivity contribution is 6.24. The molecule has 0 aliphatic carbocycles. The highest BCUT2D eigenvalue weighted by Gasteiger charge is 2.18. The van der Waals surface area contributed by atoms with Gasteiger partial charge >= 0.3 is 0 Å². The summed E-state index contributed by atoms with van der Waals surface area (Å²) in [6.45, 7) is 0. The molecule has 0 amide bonds. The molecule has 0 atom stereocenters. The Morgan fingerprint density at radius 2 is 0.543 bits per heavy atom. The standard InChI is InChI=1S/C46H28/c1-4-12-32-29(9-1)19-22-39-35(32)15-7-17-37(39)44-28-26-42-40-23-20-31-11-3-6-14-34(31)38(40)25-27-45(42)46(44)43-18-8-16-36-33-13-5-2-10-30(33)21-24-41(36)43/h1-28H. The van der Waals surface area contributed by atoms with Gasteiger partial charge in [-0.25, -0.2) is 0 Å². The zero-order chi connectivity index (χ0) is 30.2. The minimum Gasteiger partial charge on any atom is -0.0616 e. The van der Waals surface area contributed by atoms with Crippen LogP contribution < -0.4 is 0 Å². The van der Waals surface area contributed by atoms with Gasteiger partial charge in [0.05, 0.1) is 0 Å². The maximum atomic E-state index is 2.37. The first-order valence-electron chi connectivity index (χ1n) is 16.0. The number of hydrogen-bond donors (Lipinski definition) is 0. The van der Waals surface area contributed by atoms with Crippen molar-refractivity contribution >= 4 is 75.4 Å². The van der Waals surface area contributed by atoms with E-state index in [4.69, 9.17) is 0 Å². The van der Waals surface area contributed by atoms with E-state index < -0.39 is 0 Å². The molecule has 0 spiro atoms. The van der Waals surface area contributed by atoms with Gasteiger partial charge in [0.1, 0.15) is 0 Å². The molecule has 0 radical (unpaired) electrons. The summed E-state index contributed by atoms with van der Waals surface area (Å²) in [4.78, 5) is 0. The predicted molar refractivity (Wildman–Crippen MR) is 200 cm³/mol. The Labute approximate surface area is 266 Å². The monoisotopic (exact) mass is 580 g/mol. The van der Waals surface area contributed by atoms with Crippen LogP contribution in [0.5, 0.6) is 0 Å². The van der Waals surface area contributed by atoms with Gasteiger partial charge in [0.15, 0.2) is 0 Å². The summed E-state index contributed by atoms with van der Waals surface area (Å²) in [5.41, 5.74) is 5.07. The lowest BCUT2D eigenvalue weighted by Gasteiger charge is -2.19. The molecule has 0 aliphatic heterocycles. The summed E-state index contributed by atoms with van der Waals surface area (Å²) in [6.07, 6.45) is 0. The molecule has 0 heterocycles. The van der Waals surface area contributed by atoms with Gasteiger partial charge in [0.2, 0.25) is 0 Å². The fraction of sp³-hybridized carbons (Fsp3) is 0. The third-order valence-corrected chi connectivity index (χ3v) is 10.1. The molecular formula is C46H28. The van der Waals surface area contributed by atoms with Gasteiger partial charge in [0, 0.05) is 0 Å². The molecule has 0 aromatic heterocycles. The van der Waals surface area contributed by atoms with E-state index in [0.717, 1.165) is 0 Å². The number of fused-ring (bicyclic) bond motifs is 11. The van der Waals surface area contributed by atoms with Crippen molar-refractivity contribution in [3.63, 3.8) is 0 Å². The lowest BCUT2D eigenvalue weighted by molar-refractivity contribution is 1.67. The third-order valence-electron chi connectivity index (χ3n) is 10.1. The van der Waals surface area contributed by atoms with Crippen LogP contribution in [-0.2, 0) is 0 Å². The largest absolute Gasteiger partial charge is 0.0616 e. The number of hydrogen-bond acceptors (Lipinski definition) is 0. The minimum atomic E-state index is 1.26. The van der Waals surface area contributed by atoms with Gasteiger partial charge in [-0.05, 0) is 97.7 Å². The van der Waals surface area contributed by atoms with Crippen molar-refractivity contribution in [3.8, 4) is 22.3 Å². The Balaban J connectivity index is 1.37.